The van der Waals surface area contributed by atoms with Gasteiger partial charge in [-0.25, -0.2) is 9.07 Å². The topological polar surface area (TPSA) is 118 Å². The van der Waals surface area contributed by atoms with Crippen LogP contribution in [0.5, 0.6) is 5.75 Å². The SMILES string of the molecule is [NH2+]Cc1cn(-c2cc(F)cc(C(=O)N3CCN(C(=O)c4ccc(O[C@H]5CCNC5)c(C5CCC(C(F)(F)F)CC5)c4)CC3)c2)nn1. The molecule has 0 spiro atoms. The number of carbonyl (C=O) groups is 2. The number of nitrogens with zero attached hydrogens (tertiary/aromatic N) is 5. The van der Waals surface area contributed by atoms with Gasteiger partial charge in [0.2, 0.25) is 0 Å². The number of nitrogens with two attached hydrogens (primary N) is 1. The smallest absolute Gasteiger partial charge is 0.391 e. The highest BCUT2D eigenvalue weighted by Crippen LogP contribution is 2.45. The molecule has 6 rings (SSSR count). The lowest BCUT2D eigenvalue weighted by atomic mass is 9.78. The van der Waals surface area contributed by atoms with Crippen molar-refractivity contribution in [1.29, 1.82) is 0 Å². The van der Waals surface area contributed by atoms with Crippen molar-refractivity contribution in [2.24, 2.45) is 5.92 Å². The van der Waals surface area contributed by atoms with E-state index in [1.807, 2.05) is 0 Å². The number of halogens is 4. The maximum atomic E-state index is 14.5. The zero-order valence-electron chi connectivity index (χ0n) is 25.3. The van der Waals surface area contributed by atoms with Gasteiger partial charge in [-0.3, -0.25) is 9.59 Å². The maximum Gasteiger partial charge on any atom is 0.391 e. The fourth-order valence-corrected chi connectivity index (χ4v) is 6.57. The lowest BCUT2D eigenvalue weighted by Gasteiger charge is -2.35. The molecule has 46 heavy (non-hydrogen) atoms. The van der Waals surface area contributed by atoms with Gasteiger partial charge in [0.25, 0.3) is 11.8 Å². The number of hydrogen-bond donors (Lipinski definition) is 2. The molecule has 14 heteroatoms. The summed E-state index contributed by atoms with van der Waals surface area (Å²) >= 11 is 0. The van der Waals surface area contributed by atoms with Crippen molar-refractivity contribution in [2.75, 3.05) is 39.3 Å². The number of aromatic nitrogens is 3. The molecule has 10 nitrogen and oxygen atoms in total. The minimum Gasteiger partial charge on any atom is -0.489 e. The predicted octanol–water partition coefficient (Wildman–Crippen LogP) is 3.11. The van der Waals surface area contributed by atoms with Crippen LogP contribution in [0.3, 0.4) is 0 Å². The summed E-state index contributed by atoms with van der Waals surface area (Å²) in [5, 5.41) is 11.1. The third kappa shape index (κ3) is 7.02. The second-order valence-corrected chi connectivity index (χ2v) is 12.2. The summed E-state index contributed by atoms with van der Waals surface area (Å²) in [4.78, 5) is 30.2. The molecule has 245 valence electrons. The van der Waals surface area contributed by atoms with Crippen molar-refractivity contribution in [3.8, 4) is 11.4 Å². The van der Waals surface area contributed by atoms with Gasteiger partial charge in [-0.05, 0) is 86.5 Å². The van der Waals surface area contributed by atoms with Gasteiger partial charge in [-0.2, -0.15) is 18.9 Å². The van der Waals surface area contributed by atoms with Gasteiger partial charge >= 0.3 is 6.18 Å². The van der Waals surface area contributed by atoms with Crippen molar-refractivity contribution < 1.29 is 37.6 Å². The average molecular weight is 644 g/mol. The Kier molecular flexibility index (Phi) is 9.27. The Morgan fingerprint density at radius 2 is 1.63 bits per heavy atom. The third-order valence-corrected chi connectivity index (χ3v) is 9.19. The Labute approximate surface area is 263 Å². The monoisotopic (exact) mass is 643 g/mol. The number of ether oxygens (including phenoxy) is 1. The van der Waals surface area contributed by atoms with Crippen molar-refractivity contribution in [2.45, 2.75) is 56.8 Å². The van der Waals surface area contributed by atoms with Gasteiger partial charge in [0, 0.05) is 43.9 Å². The van der Waals surface area contributed by atoms with E-state index in [2.05, 4.69) is 15.6 Å². The molecule has 3 heterocycles. The lowest BCUT2D eigenvalue weighted by Crippen LogP contribution is -2.50. The summed E-state index contributed by atoms with van der Waals surface area (Å²) in [6.07, 6.45) is -1.01. The molecule has 2 amide bonds. The Hall–Kier alpha value is -4.04. The largest absolute Gasteiger partial charge is 0.489 e. The summed E-state index contributed by atoms with van der Waals surface area (Å²) in [5.74, 6) is -2.01. The second-order valence-electron chi connectivity index (χ2n) is 12.2. The van der Waals surface area contributed by atoms with E-state index in [1.165, 1.54) is 22.9 Å². The highest BCUT2D eigenvalue weighted by atomic mass is 19.4. The van der Waals surface area contributed by atoms with Gasteiger partial charge in [0.15, 0.2) is 6.54 Å². The molecule has 3 aliphatic rings. The molecule has 0 bridgehead atoms. The predicted molar refractivity (Wildman–Crippen MR) is 158 cm³/mol. The molecule has 3 aromatic rings. The number of benzene rings is 2. The molecule has 3 fully saturated rings. The molecule has 2 saturated heterocycles. The fraction of sp³-hybridized carbons (Fsp3) is 0.500. The molecule has 2 aliphatic heterocycles. The van der Waals surface area contributed by atoms with Crippen molar-refractivity contribution >= 4 is 11.8 Å². The lowest BCUT2D eigenvalue weighted by molar-refractivity contribution is -0.387. The number of piperazine rings is 1. The van der Waals surface area contributed by atoms with Crippen molar-refractivity contribution in [1.82, 2.24) is 30.1 Å². The van der Waals surface area contributed by atoms with Crippen LogP contribution < -0.4 is 15.8 Å². The molecule has 1 atom stereocenters. The standard InChI is InChI=1S/C32H37F4N7O3/c33-24-13-22(14-26(16-24)43-19-25(17-37)39-40-43)31(45)42-11-9-41(10-12-42)30(44)21-3-6-29(46-27-7-8-38-18-27)28(15-21)20-1-4-23(5-2-20)32(34,35)36/h3,6,13-16,19-20,23,27,38H,1-2,4-5,7-12,17-18,37H2/q+1/t20?,23?,27-/m0/s1. The zero-order valence-corrected chi connectivity index (χ0v) is 25.3. The Bertz CT molecular complexity index is 1560. The van der Waals surface area contributed by atoms with E-state index in [4.69, 9.17) is 10.5 Å². The van der Waals surface area contributed by atoms with Gasteiger partial charge < -0.3 is 19.9 Å². The van der Waals surface area contributed by atoms with Crippen LogP contribution >= 0.6 is 0 Å². The van der Waals surface area contributed by atoms with E-state index in [1.54, 1.807) is 34.2 Å². The Balaban J connectivity index is 1.13. The summed E-state index contributed by atoms with van der Waals surface area (Å²) in [6, 6.07) is 9.21. The Morgan fingerprint density at radius 3 is 2.24 bits per heavy atom. The number of nitrogens with one attached hydrogen (secondary N) is 1. The van der Waals surface area contributed by atoms with Crippen LogP contribution in [0, 0.1) is 11.7 Å². The molecule has 3 N–H and O–H groups in total. The van der Waals surface area contributed by atoms with Crippen molar-refractivity contribution in [3.05, 3.63) is 70.8 Å². The minimum absolute atomic E-state index is 0.0359. The molecule has 2 aromatic carbocycles. The van der Waals surface area contributed by atoms with E-state index in [0.717, 1.165) is 18.5 Å². The van der Waals surface area contributed by atoms with Gasteiger partial charge in [0.1, 0.15) is 23.4 Å². The first kappa shape index (κ1) is 31.9. The summed E-state index contributed by atoms with van der Waals surface area (Å²) in [6.45, 7) is 2.74. The molecule has 1 radical (unpaired) electrons. The van der Waals surface area contributed by atoms with Crippen LogP contribution in [0.4, 0.5) is 17.6 Å². The van der Waals surface area contributed by atoms with E-state index in [9.17, 15) is 27.2 Å². The van der Waals surface area contributed by atoms with Gasteiger partial charge in [-0.15, -0.1) is 5.10 Å². The highest BCUT2D eigenvalue weighted by molar-refractivity contribution is 5.96. The average Bonchev–Trinajstić information content (AvgIpc) is 3.76. The second kappa shape index (κ2) is 13.4. The molecule has 1 aromatic heterocycles. The Morgan fingerprint density at radius 1 is 0.935 bits per heavy atom. The van der Waals surface area contributed by atoms with E-state index in [0.29, 0.717) is 42.1 Å². The summed E-state index contributed by atoms with van der Waals surface area (Å²) in [7, 11) is 0. The number of alkyl halides is 3. The van der Waals surface area contributed by atoms with Gasteiger partial charge in [-0.1, -0.05) is 5.21 Å². The van der Waals surface area contributed by atoms with Crippen molar-refractivity contribution in [3.63, 3.8) is 0 Å². The third-order valence-electron chi connectivity index (χ3n) is 9.19. The van der Waals surface area contributed by atoms with E-state index >= 15 is 0 Å². The zero-order chi connectivity index (χ0) is 32.4. The molecular formula is C32H37F4N7O3+. The molecule has 1 saturated carbocycles. The quantitative estimate of drug-likeness (QED) is 0.383. The number of hydrogen-bond acceptors (Lipinski definition) is 7. The van der Waals surface area contributed by atoms with Crippen LogP contribution in [-0.2, 0) is 6.54 Å². The van der Waals surface area contributed by atoms with Crippen LogP contribution in [0.2, 0.25) is 0 Å². The normalized spacial score (nSPS) is 22.2. The van der Waals surface area contributed by atoms with E-state index < -0.39 is 17.9 Å². The van der Waals surface area contributed by atoms with E-state index in [-0.39, 0.29) is 75.0 Å². The van der Waals surface area contributed by atoms with Crippen LogP contribution in [-0.4, -0.2) is 88.2 Å². The van der Waals surface area contributed by atoms with Gasteiger partial charge in [0.05, 0.1) is 17.8 Å². The van der Waals surface area contributed by atoms with Crippen LogP contribution in [0.15, 0.2) is 42.6 Å². The minimum atomic E-state index is -4.20. The number of rotatable bonds is 7. The number of amides is 2. The summed E-state index contributed by atoms with van der Waals surface area (Å²) < 4.78 is 62.2. The molecular weight excluding hydrogens is 606 g/mol. The molecule has 0 unspecified atom stereocenters. The fourth-order valence-electron chi connectivity index (χ4n) is 6.57. The highest BCUT2D eigenvalue weighted by Gasteiger charge is 2.42. The summed E-state index contributed by atoms with van der Waals surface area (Å²) in [5.41, 5.74) is 7.81. The first-order chi connectivity index (χ1) is 22.1. The maximum absolute atomic E-state index is 14.5. The van der Waals surface area contributed by atoms with Crippen LogP contribution in [0.25, 0.3) is 5.69 Å². The van der Waals surface area contributed by atoms with Crippen LogP contribution in [0.1, 0.15) is 70.0 Å². The first-order valence-electron chi connectivity index (χ1n) is 15.7. The molecule has 1 aliphatic carbocycles. The first-order valence-corrected chi connectivity index (χ1v) is 15.7. The number of carbonyl (C=O) groups excluding carboxylic acids is 2.